The Bertz CT molecular complexity index is 598. The Morgan fingerprint density at radius 3 is 2.86 bits per heavy atom. The Balaban J connectivity index is 1.74. The third-order valence-electron chi connectivity index (χ3n) is 3.97. The normalized spacial score (nSPS) is 22.4. The van der Waals surface area contributed by atoms with Crippen molar-refractivity contribution in [2.24, 2.45) is 0 Å². The maximum Gasteiger partial charge on any atom is 0.345 e. The lowest BCUT2D eigenvalue weighted by Gasteiger charge is -2.42. The predicted octanol–water partition coefficient (Wildman–Crippen LogP) is 1.17. The van der Waals surface area contributed by atoms with Gasteiger partial charge in [0.05, 0.1) is 6.54 Å². The summed E-state index contributed by atoms with van der Waals surface area (Å²) in [6, 6.07) is 2.92. The molecule has 7 heteroatoms. The highest BCUT2D eigenvalue weighted by Crippen LogP contribution is 2.25. The first kappa shape index (κ1) is 14.1. The summed E-state index contributed by atoms with van der Waals surface area (Å²) in [5.41, 5.74) is 0. The second kappa shape index (κ2) is 5.48. The highest BCUT2D eigenvalue weighted by Gasteiger charge is 2.40. The van der Waals surface area contributed by atoms with Gasteiger partial charge in [-0.05, 0) is 31.4 Å². The molecule has 0 aliphatic carbocycles. The Labute approximate surface area is 126 Å². The summed E-state index contributed by atoms with van der Waals surface area (Å²) in [5, 5.41) is 8.92. The van der Waals surface area contributed by atoms with E-state index in [1.54, 1.807) is 15.9 Å². The fourth-order valence-corrected chi connectivity index (χ4v) is 3.79. The summed E-state index contributed by atoms with van der Waals surface area (Å²) in [7, 11) is 0. The molecule has 1 aromatic heterocycles. The largest absolute Gasteiger partial charge is 0.477 e. The maximum absolute atomic E-state index is 12.5. The molecular formula is C14H16N2O4S. The van der Waals surface area contributed by atoms with Gasteiger partial charge in [-0.2, -0.15) is 0 Å². The molecule has 2 aliphatic heterocycles. The number of rotatable bonds is 3. The lowest BCUT2D eigenvalue weighted by Crippen LogP contribution is -2.60. The van der Waals surface area contributed by atoms with Gasteiger partial charge in [-0.15, -0.1) is 11.3 Å². The maximum atomic E-state index is 12.5. The van der Waals surface area contributed by atoms with Crippen molar-refractivity contribution < 1.29 is 19.5 Å². The van der Waals surface area contributed by atoms with Crippen molar-refractivity contribution in [1.29, 1.82) is 0 Å². The van der Waals surface area contributed by atoms with E-state index in [0.29, 0.717) is 13.1 Å². The fraction of sp³-hybridized carbons (Fsp3) is 0.500. The first-order valence-electron chi connectivity index (χ1n) is 6.96. The molecular weight excluding hydrogens is 292 g/mol. The van der Waals surface area contributed by atoms with Crippen LogP contribution in [0.25, 0.3) is 0 Å². The Kier molecular flexibility index (Phi) is 3.67. The van der Waals surface area contributed by atoms with E-state index in [4.69, 9.17) is 5.11 Å². The van der Waals surface area contributed by atoms with Crippen molar-refractivity contribution in [2.75, 3.05) is 13.1 Å². The number of thiophene rings is 1. The molecule has 112 valence electrons. The van der Waals surface area contributed by atoms with E-state index in [9.17, 15) is 14.4 Å². The number of carboxylic acid groups (broad SMARTS) is 1. The van der Waals surface area contributed by atoms with Crippen LogP contribution in [-0.2, 0) is 16.1 Å². The third-order valence-corrected chi connectivity index (χ3v) is 5.02. The van der Waals surface area contributed by atoms with Crippen molar-refractivity contribution in [3.8, 4) is 0 Å². The average molecular weight is 308 g/mol. The van der Waals surface area contributed by atoms with Crippen LogP contribution in [0.15, 0.2) is 12.1 Å². The molecule has 2 amide bonds. The van der Waals surface area contributed by atoms with Gasteiger partial charge >= 0.3 is 5.97 Å². The van der Waals surface area contributed by atoms with Gasteiger partial charge in [0.25, 0.3) is 0 Å². The van der Waals surface area contributed by atoms with Gasteiger partial charge in [-0.25, -0.2) is 4.79 Å². The van der Waals surface area contributed by atoms with Gasteiger partial charge < -0.3 is 14.9 Å². The minimum absolute atomic E-state index is 0.00526. The number of carboxylic acids is 1. The molecule has 2 saturated heterocycles. The Hall–Kier alpha value is -1.89. The summed E-state index contributed by atoms with van der Waals surface area (Å²) >= 11 is 1.15. The van der Waals surface area contributed by atoms with Crippen LogP contribution in [0.1, 0.15) is 33.8 Å². The quantitative estimate of drug-likeness (QED) is 0.909. The van der Waals surface area contributed by atoms with Crippen LogP contribution in [-0.4, -0.2) is 51.8 Å². The molecule has 6 nitrogen and oxygen atoms in total. The molecule has 0 aromatic carbocycles. The number of carbonyl (C=O) groups is 3. The standard InChI is InChI=1S/C14H16N2O4S/c17-12-8-15(7-9-4-5-11(21-9)14(19)20)13(18)10-3-1-2-6-16(10)12/h4-5,10H,1-3,6-8H2,(H,19,20). The van der Waals surface area contributed by atoms with Crippen molar-refractivity contribution >= 4 is 29.1 Å². The zero-order chi connectivity index (χ0) is 15.0. The van der Waals surface area contributed by atoms with Crippen LogP contribution >= 0.6 is 11.3 Å². The van der Waals surface area contributed by atoms with Crippen LogP contribution in [0.5, 0.6) is 0 Å². The van der Waals surface area contributed by atoms with E-state index >= 15 is 0 Å². The number of amides is 2. The van der Waals surface area contributed by atoms with Gasteiger partial charge in [0.1, 0.15) is 17.5 Å². The van der Waals surface area contributed by atoms with Crippen LogP contribution < -0.4 is 0 Å². The van der Waals surface area contributed by atoms with Crippen molar-refractivity contribution in [3.63, 3.8) is 0 Å². The van der Waals surface area contributed by atoms with Gasteiger partial charge in [0.2, 0.25) is 11.8 Å². The molecule has 0 saturated carbocycles. The minimum Gasteiger partial charge on any atom is -0.477 e. The van der Waals surface area contributed by atoms with Crippen LogP contribution in [0.3, 0.4) is 0 Å². The number of hydrogen-bond donors (Lipinski definition) is 1. The molecule has 1 aromatic rings. The van der Waals surface area contributed by atoms with Gasteiger partial charge in [-0.1, -0.05) is 0 Å². The molecule has 0 radical (unpaired) electrons. The average Bonchev–Trinajstić information content (AvgIpc) is 2.93. The molecule has 0 spiro atoms. The van der Waals surface area contributed by atoms with Crippen LogP contribution in [0.2, 0.25) is 0 Å². The van der Waals surface area contributed by atoms with Gasteiger partial charge in [0.15, 0.2) is 0 Å². The molecule has 0 bridgehead atoms. The number of carbonyl (C=O) groups excluding carboxylic acids is 2. The summed E-state index contributed by atoms with van der Waals surface area (Å²) in [6.45, 7) is 1.08. The number of nitrogens with zero attached hydrogens (tertiary/aromatic N) is 2. The van der Waals surface area contributed by atoms with Crippen molar-refractivity contribution in [2.45, 2.75) is 31.8 Å². The molecule has 2 aliphatic rings. The number of piperidine rings is 1. The summed E-state index contributed by atoms with van der Waals surface area (Å²) in [5.74, 6) is -0.986. The minimum atomic E-state index is -0.967. The highest BCUT2D eigenvalue weighted by molar-refractivity contribution is 7.13. The van der Waals surface area contributed by atoms with E-state index in [1.165, 1.54) is 6.07 Å². The predicted molar refractivity (Wildman–Crippen MR) is 76.0 cm³/mol. The SMILES string of the molecule is O=C(O)c1ccc(CN2CC(=O)N3CCCCC3C2=O)s1. The lowest BCUT2D eigenvalue weighted by atomic mass is 9.98. The second-order valence-electron chi connectivity index (χ2n) is 5.36. The second-order valence-corrected chi connectivity index (χ2v) is 6.53. The molecule has 1 N–H and O–H groups in total. The lowest BCUT2D eigenvalue weighted by molar-refractivity contribution is -0.158. The monoisotopic (exact) mass is 308 g/mol. The van der Waals surface area contributed by atoms with E-state index in [-0.39, 0.29) is 29.3 Å². The van der Waals surface area contributed by atoms with E-state index in [2.05, 4.69) is 0 Å². The van der Waals surface area contributed by atoms with E-state index in [1.807, 2.05) is 0 Å². The first-order valence-corrected chi connectivity index (χ1v) is 7.78. The fourth-order valence-electron chi connectivity index (χ4n) is 2.93. The smallest absolute Gasteiger partial charge is 0.345 e. The van der Waals surface area contributed by atoms with Gasteiger partial charge in [0, 0.05) is 11.4 Å². The van der Waals surface area contributed by atoms with Crippen molar-refractivity contribution in [1.82, 2.24) is 9.80 Å². The molecule has 1 atom stereocenters. The van der Waals surface area contributed by atoms with E-state index < -0.39 is 5.97 Å². The number of hydrogen-bond acceptors (Lipinski definition) is 4. The number of aromatic carboxylic acids is 1. The summed E-state index contributed by atoms with van der Waals surface area (Å²) in [4.78, 5) is 39.8. The zero-order valence-electron chi connectivity index (χ0n) is 11.4. The molecule has 2 fully saturated rings. The van der Waals surface area contributed by atoms with Gasteiger partial charge in [-0.3, -0.25) is 9.59 Å². The Morgan fingerprint density at radius 2 is 2.14 bits per heavy atom. The number of fused-ring (bicyclic) bond motifs is 1. The van der Waals surface area contributed by atoms with Crippen LogP contribution in [0.4, 0.5) is 0 Å². The molecule has 3 heterocycles. The zero-order valence-corrected chi connectivity index (χ0v) is 12.3. The van der Waals surface area contributed by atoms with Crippen molar-refractivity contribution in [3.05, 3.63) is 21.9 Å². The van der Waals surface area contributed by atoms with E-state index in [0.717, 1.165) is 35.5 Å². The third kappa shape index (κ3) is 2.65. The molecule has 1 unspecified atom stereocenters. The van der Waals surface area contributed by atoms with Crippen LogP contribution in [0, 0.1) is 0 Å². The summed E-state index contributed by atoms with van der Waals surface area (Å²) < 4.78 is 0. The number of piperazine rings is 1. The Morgan fingerprint density at radius 1 is 1.33 bits per heavy atom. The highest BCUT2D eigenvalue weighted by atomic mass is 32.1. The first-order chi connectivity index (χ1) is 10.1. The topological polar surface area (TPSA) is 77.9 Å². The summed E-state index contributed by atoms with van der Waals surface area (Å²) in [6.07, 6.45) is 2.66. The molecule has 21 heavy (non-hydrogen) atoms. The molecule has 3 rings (SSSR count).